The molecule has 2 aliphatic rings. The predicted molar refractivity (Wildman–Crippen MR) is 90.8 cm³/mol. The number of para-hydroxylation sites is 1. The minimum absolute atomic E-state index is 0.201. The quantitative estimate of drug-likeness (QED) is 0.847. The first-order valence-electron chi connectivity index (χ1n) is 7.34. The Balaban J connectivity index is 2.03. The first-order chi connectivity index (χ1) is 10.1. The number of rotatable bonds is 3. The molecule has 0 spiro atoms. The first-order valence-corrected chi connectivity index (χ1v) is 9.31. The van der Waals surface area contributed by atoms with Crippen LogP contribution in [0.2, 0.25) is 0 Å². The Morgan fingerprint density at radius 2 is 1.86 bits per heavy atom. The molecule has 0 aromatic heterocycles. The minimum Gasteiger partial charge on any atom is -0.356 e. The van der Waals surface area contributed by atoms with Gasteiger partial charge in [0.15, 0.2) is 4.27 Å². The number of hydrogen-bond donors (Lipinski definition) is 0. The van der Waals surface area contributed by atoms with E-state index in [1.165, 1.54) is 6.42 Å². The Morgan fingerprint density at radius 1 is 1.19 bits per heavy atom. The van der Waals surface area contributed by atoms with E-state index in [1.807, 2.05) is 58.8 Å². The van der Waals surface area contributed by atoms with Gasteiger partial charge in [-0.3, -0.25) is 4.79 Å². The third-order valence-corrected chi connectivity index (χ3v) is 8.05. The van der Waals surface area contributed by atoms with Gasteiger partial charge < -0.3 is 9.64 Å². The zero-order valence-electron chi connectivity index (χ0n) is 12.5. The number of methoxy groups -OCH3 is 1. The lowest BCUT2D eigenvalue weighted by Crippen LogP contribution is -2.59. The summed E-state index contributed by atoms with van der Waals surface area (Å²) in [6.45, 7) is 2.18. The van der Waals surface area contributed by atoms with Gasteiger partial charge in [-0.25, -0.2) is 0 Å². The standard InChI is InChI=1S/C16H21NO2S2/c1-15(16(19-2)20-11-6-12-21-16)10-9-14(18)17(15)13-7-4-3-5-8-13/h3-5,7-8H,6,9-12H2,1-2H3. The van der Waals surface area contributed by atoms with Crippen molar-refractivity contribution in [2.24, 2.45) is 0 Å². The molecule has 114 valence electrons. The van der Waals surface area contributed by atoms with Gasteiger partial charge in [-0.1, -0.05) is 18.2 Å². The van der Waals surface area contributed by atoms with Crippen LogP contribution >= 0.6 is 23.5 Å². The molecule has 3 nitrogen and oxygen atoms in total. The average molecular weight is 323 g/mol. The van der Waals surface area contributed by atoms with Crippen LogP contribution < -0.4 is 4.90 Å². The van der Waals surface area contributed by atoms with Crippen molar-refractivity contribution < 1.29 is 9.53 Å². The molecule has 0 saturated carbocycles. The smallest absolute Gasteiger partial charge is 0.227 e. The molecule has 1 aromatic rings. The summed E-state index contributed by atoms with van der Waals surface area (Å²) in [5.74, 6) is 2.38. The largest absolute Gasteiger partial charge is 0.356 e. The fourth-order valence-electron chi connectivity index (χ4n) is 3.31. The van der Waals surface area contributed by atoms with Crippen molar-refractivity contribution in [2.75, 3.05) is 23.5 Å². The summed E-state index contributed by atoms with van der Waals surface area (Å²) in [7, 11) is 1.78. The van der Waals surface area contributed by atoms with E-state index in [2.05, 4.69) is 6.92 Å². The van der Waals surface area contributed by atoms with Crippen LogP contribution in [0.25, 0.3) is 0 Å². The molecule has 2 saturated heterocycles. The van der Waals surface area contributed by atoms with E-state index < -0.39 is 0 Å². The molecule has 1 amide bonds. The molecule has 0 N–H and O–H groups in total. The molecular weight excluding hydrogens is 302 g/mol. The van der Waals surface area contributed by atoms with Crippen LogP contribution in [0.1, 0.15) is 26.2 Å². The number of amides is 1. The number of benzene rings is 1. The minimum atomic E-state index is -0.368. The Kier molecular flexibility index (Phi) is 4.26. The van der Waals surface area contributed by atoms with Crippen molar-refractivity contribution in [2.45, 2.75) is 36.0 Å². The fraction of sp³-hybridized carbons (Fsp3) is 0.562. The lowest BCUT2D eigenvalue weighted by atomic mass is 9.98. The molecule has 5 heteroatoms. The second-order valence-corrected chi connectivity index (χ2v) is 8.45. The van der Waals surface area contributed by atoms with Crippen molar-refractivity contribution >= 4 is 35.1 Å². The average Bonchev–Trinajstić information content (AvgIpc) is 2.85. The number of carbonyl (C=O) groups excluding carboxylic acids is 1. The topological polar surface area (TPSA) is 29.5 Å². The lowest BCUT2D eigenvalue weighted by molar-refractivity contribution is -0.117. The van der Waals surface area contributed by atoms with Crippen molar-refractivity contribution in [3.05, 3.63) is 30.3 Å². The maximum Gasteiger partial charge on any atom is 0.227 e. The molecule has 0 aliphatic carbocycles. The zero-order valence-corrected chi connectivity index (χ0v) is 14.1. The summed E-state index contributed by atoms with van der Waals surface area (Å²) in [5.41, 5.74) is 0.668. The number of carbonyl (C=O) groups is 1. The number of anilines is 1. The Bertz CT molecular complexity index is 516. The molecule has 1 aromatic carbocycles. The van der Waals surface area contributed by atoms with E-state index in [1.54, 1.807) is 7.11 Å². The molecule has 2 aliphatic heterocycles. The van der Waals surface area contributed by atoms with Crippen molar-refractivity contribution in [3.63, 3.8) is 0 Å². The van der Waals surface area contributed by atoms with Crippen LogP contribution in [0.3, 0.4) is 0 Å². The third kappa shape index (κ3) is 2.39. The van der Waals surface area contributed by atoms with Crippen LogP contribution in [0, 0.1) is 0 Å². The van der Waals surface area contributed by atoms with Crippen molar-refractivity contribution in [1.82, 2.24) is 0 Å². The van der Waals surface area contributed by atoms with Crippen LogP contribution in [0.4, 0.5) is 5.69 Å². The van der Waals surface area contributed by atoms with Gasteiger partial charge in [-0.2, -0.15) is 0 Å². The van der Waals surface area contributed by atoms with Gasteiger partial charge >= 0.3 is 0 Å². The summed E-state index contributed by atoms with van der Waals surface area (Å²) in [5, 5.41) is 0. The number of nitrogens with zero attached hydrogens (tertiary/aromatic N) is 1. The van der Waals surface area contributed by atoms with Crippen LogP contribution in [-0.4, -0.2) is 34.3 Å². The van der Waals surface area contributed by atoms with Gasteiger partial charge in [0.05, 0.1) is 5.54 Å². The van der Waals surface area contributed by atoms with E-state index in [4.69, 9.17) is 4.74 Å². The Hall–Kier alpha value is -0.650. The third-order valence-electron chi connectivity index (χ3n) is 4.38. The first kappa shape index (κ1) is 15.3. The summed E-state index contributed by atoms with van der Waals surface area (Å²) in [6, 6.07) is 9.99. The van der Waals surface area contributed by atoms with Gasteiger partial charge in [0.2, 0.25) is 5.91 Å². The maximum absolute atomic E-state index is 12.5. The molecule has 21 heavy (non-hydrogen) atoms. The highest BCUT2D eigenvalue weighted by molar-refractivity contribution is 8.18. The van der Waals surface area contributed by atoms with E-state index in [9.17, 15) is 4.79 Å². The SMILES string of the molecule is COC1(C2(C)CCC(=O)N2c2ccccc2)SCCCS1. The molecule has 1 atom stereocenters. The second-order valence-electron chi connectivity index (χ2n) is 5.65. The maximum atomic E-state index is 12.5. The Labute approximate surface area is 134 Å². The zero-order chi connectivity index (χ0) is 14.9. The highest BCUT2D eigenvalue weighted by atomic mass is 32.2. The van der Waals surface area contributed by atoms with Gasteiger partial charge in [0.25, 0.3) is 0 Å². The summed E-state index contributed by atoms with van der Waals surface area (Å²) in [6.07, 6.45) is 2.64. The summed E-state index contributed by atoms with van der Waals surface area (Å²) >= 11 is 3.71. The van der Waals surface area contributed by atoms with Gasteiger partial charge in [0.1, 0.15) is 0 Å². The predicted octanol–water partition coefficient (Wildman–Crippen LogP) is 3.74. The van der Waals surface area contributed by atoms with Crippen LogP contribution in [0.15, 0.2) is 30.3 Å². The van der Waals surface area contributed by atoms with Crippen molar-refractivity contribution in [3.8, 4) is 0 Å². The highest BCUT2D eigenvalue weighted by Gasteiger charge is 2.59. The van der Waals surface area contributed by atoms with E-state index in [-0.39, 0.29) is 15.7 Å². The molecular formula is C16H21NO2S2. The summed E-state index contributed by atoms with van der Waals surface area (Å²) in [4.78, 5) is 14.5. The molecule has 3 rings (SSSR count). The normalized spacial score (nSPS) is 28.9. The molecule has 1 unspecified atom stereocenters. The molecule has 0 bridgehead atoms. The molecule has 2 heterocycles. The fourth-order valence-corrected chi connectivity index (χ4v) is 6.68. The van der Waals surface area contributed by atoms with E-state index in [0.717, 1.165) is 23.6 Å². The molecule has 2 fully saturated rings. The number of hydrogen-bond acceptors (Lipinski definition) is 4. The van der Waals surface area contributed by atoms with E-state index >= 15 is 0 Å². The van der Waals surface area contributed by atoms with Crippen LogP contribution in [-0.2, 0) is 9.53 Å². The second kappa shape index (κ2) is 5.86. The number of ether oxygens (including phenoxy) is 1. The van der Waals surface area contributed by atoms with Gasteiger partial charge in [0, 0.05) is 19.2 Å². The molecule has 0 radical (unpaired) electrons. The summed E-state index contributed by atoms with van der Waals surface area (Å²) < 4.78 is 5.63. The van der Waals surface area contributed by atoms with Crippen LogP contribution in [0.5, 0.6) is 0 Å². The highest BCUT2D eigenvalue weighted by Crippen LogP contribution is 2.56. The monoisotopic (exact) mass is 323 g/mol. The van der Waals surface area contributed by atoms with E-state index in [0.29, 0.717) is 6.42 Å². The van der Waals surface area contributed by atoms with Gasteiger partial charge in [-0.05, 0) is 43.4 Å². The lowest BCUT2D eigenvalue weighted by Gasteiger charge is -2.50. The van der Waals surface area contributed by atoms with Gasteiger partial charge in [-0.15, -0.1) is 23.5 Å². The number of thioether (sulfide) groups is 2. The van der Waals surface area contributed by atoms with Crippen molar-refractivity contribution in [1.29, 1.82) is 0 Å². The Morgan fingerprint density at radius 3 is 2.48 bits per heavy atom.